The fraction of sp³-hybridized carbons (Fsp3) is 0.267. The van der Waals surface area contributed by atoms with Gasteiger partial charge < -0.3 is 0 Å². The van der Waals surface area contributed by atoms with Crippen molar-refractivity contribution < 1.29 is 34.8 Å². The lowest BCUT2D eigenvalue weighted by Crippen LogP contribution is -2.34. The van der Waals surface area contributed by atoms with Crippen molar-refractivity contribution in [3.05, 3.63) is 58.9 Å². The second kappa shape index (κ2) is 6.54. The van der Waals surface area contributed by atoms with Gasteiger partial charge in [-0.1, -0.05) is 6.07 Å². The highest BCUT2D eigenvalue weighted by Crippen LogP contribution is 2.36. The Hall–Kier alpha value is -2.14. The van der Waals surface area contributed by atoms with Gasteiger partial charge in [0.05, 0.1) is 0 Å². The highest BCUT2D eigenvalue weighted by Gasteiger charge is 2.43. The normalized spacial score (nSPS) is 14.9. The maximum atomic E-state index is 13.9. The number of sulfonamides is 1. The molecule has 1 heterocycles. The Bertz CT molecular complexity index is 932. The molecular weight excluding hydrogens is 386 g/mol. The van der Waals surface area contributed by atoms with Crippen molar-refractivity contribution in [3.8, 4) is 0 Å². The van der Waals surface area contributed by atoms with Crippen molar-refractivity contribution in [3.63, 3.8) is 0 Å². The van der Waals surface area contributed by atoms with Gasteiger partial charge in [0.25, 0.3) is 0 Å². The molecule has 0 N–H and O–H groups in total. The first-order valence-corrected chi connectivity index (χ1v) is 8.72. The van der Waals surface area contributed by atoms with Crippen molar-refractivity contribution in [2.24, 2.45) is 0 Å². The van der Waals surface area contributed by atoms with Crippen molar-refractivity contribution in [1.82, 2.24) is 9.29 Å². The molecule has 3 rings (SSSR count). The lowest BCUT2D eigenvalue weighted by atomic mass is 10.3. The average molecular weight is 396 g/mol. The van der Waals surface area contributed by atoms with Crippen LogP contribution in [-0.2, 0) is 16.6 Å². The Balaban J connectivity index is 2.09. The van der Waals surface area contributed by atoms with Crippen LogP contribution in [0.5, 0.6) is 0 Å². The van der Waals surface area contributed by atoms with Gasteiger partial charge in [-0.15, -0.1) is 0 Å². The van der Waals surface area contributed by atoms with Crippen LogP contribution >= 0.6 is 0 Å². The van der Waals surface area contributed by atoms with Gasteiger partial charge in [-0.05, 0) is 24.5 Å². The topological polar surface area (TPSA) is 50.3 Å². The number of halogens is 6. The molecule has 0 radical (unpaired) electrons. The standard InChI is InChI=1S/C15H10F6N2O2S/c16-9-4-1-7(5-22-9)6-23(8-2-3-8)26(24,25)15-13(20)11(18)10(17)12(19)14(15)21/h1,4-5,8H,2-3,6H2. The minimum Gasteiger partial charge on any atom is -0.228 e. The lowest BCUT2D eigenvalue weighted by Gasteiger charge is -2.22. The number of aromatic nitrogens is 1. The van der Waals surface area contributed by atoms with Gasteiger partial charge in [-0.3, -0.25) is 0 Å². The zero-order chi connectivity index (χ0) is 19.2. The predicted molar refractivity (Wildman–Crippen MR) is 76.2 cm³/mol. The summed E-state index contributed by atoms with van der Waals surface area (Å²) in [6, 6.07) is 1.48. The smallest absolute Gasteiger partial charge is 0.228 e. The van der Waals surface area contributed by atoms with Gasteiger partial charge in [-0.2, -0.15) is 8.70 Å². The first kappa shape index (κ1) is 18.6. The van der Waals surface area contributed by atoms with E-state index in [-0.39, 0.29) is 5.56 Å². The molecular formula is C15H10F6N2O2S. The second-order valence-electron chi connectivity index (χ2n) is 5.67. The average Bonchev–Trinajstić information content (AvgIpc) is 3.42. The Morgan fingerprint density at radius 3 is 1.92 bits per heavy atom. The Labute approximate surface area is 144 Å². The zero-order valence-corrected chi connectivity index (χ0v) is 13.6. The van der Waals surface area contributed by atoms with E-state index in [4.69, 9.17) is 0 Å². The summed E-state index contributed by atoms with van der Waals surface area (Å²) in [4.78, 5) is 1.43. The minimum absolute atomic E-state index is 0.186. The molecule has 1 fully saturated rings. The molecule has 26 heavy (non-hydrogen) atoms. The Kier molecular flexibility index (Phi) is 4.69. The quantitative estimate of drug-likeness (QED) is 0.337. The lowest BCUT2D eigenvalue weighted by molar-refractivity contribution is 0.346. The molecule has 0 amide bonds. The Morgan fingerprint density at radius 2 is 1.46 bits per heavy atom. The number of benzene rings is 1. The molecule has 0 unspecified atom stereocenters. The van der Waals surface area contributed by atoms with Crippen LogP contribution in [0, 0.1) is 35.0 Å². The summed E-state index contributed by atoms with van der Waals surface area (Å²) in [5.41, 5.74) is 0.186. The van der Waals surface area contributed by atoms with Gasteiger partial charge in [0.15, 0.2) is 28.2 Å². The fourth-order valence-corrected chi connectivity index (χ4v) is 4.17. The van der Waals surface area contributed by atoms with E-state index in [9.17, 15) is 34.8 Å². The predicted octanol–water partition coefficient (Wildman–Crippen LogP) is 3.27. The summed E-state index contributed by atoms with van der Waals surface area (Å²) >= 11 is 0. The third-order valence-corrected chi connectivity index (χ3v) is 5.74. The number of hydrogen-bond donors (Lipinski definition) is 0. The molecule has 4 nitrogen and oxygen atoms in total. The summed E-state index contributed by atoms with van der Waals surface area (Å²) < 4.78 is 107. The molecule has 1 aliphatic rings. The number of pyridine rings is 1. The molecule has 0 aliphatic heterocycles. The van der Waals surface area contributed by atoms with Crippen LogP contribution in [0.1, 0.15) is 18.4 Å². The zero-order valence-electron chi connectivity index (χ0n) is 12.8. The molecule has 1 aromatic carbocycles. The van der Waals surface area contributed by atoms with E-state index in [1.54, 1.807) is 0 Å². The molecule has 1 aromatic heterocycles. The van der Waals surface area contributed by atoms with E-state index in [1.807, 2.05) is 0 Å². The van der Waals surface area contributed by atoms with Crippen LogP contribution in [0.2, 0.25) is 0 Å². The van der Waals surface area contributed by atoms with Gasteiger partial charge in [0, 0.05) is 18.8 Å². The van der Waals surface area contributed by atoms with Gasteiger partial charge in [-0.25, -0.2) is 35.4 Å². The van der Waals surface area contributed by atoms with E-state index in [0.717, 1.165) is 12.3 Å². The summed E-state index contributed by atoms with van der Waals surface area (Å²) in [6.45, 7) is -0.459. The fourth-order valence-electron chi connectivity index (χ4n) is 2.38. The first-order chi connectivity index (χ1) is 12.1. The van der Waals surface area contributed by atoms with Gasteiger partial charge in [0.2, 0.25) is 21.8 Å². The van der Waals surface area contributed by atoms with E-state index < -0.39 is 62.5 Å². The number of rotatable bonds is 5. The van der Waals surface area contributed by atoms with Crippen LogP contribution < -0.4 is 0 Å². The minimum atomic E-state index is -5.05. The van der Waals surface area contributed by atoms with Gasteiger partial charge in [0.1, 0.15) is 0 Å². The molecule has 0 saturated heterocycles. The second-order valence-corrected chi connectivity index (χ2v) is 7.50. The molecule has 1 aliphatic carbocycles. The van der Waals surface area contributed by atoms with E-state index in [2.05, 4.69) is 4.98 Å². The van der Waals surface area contributed by atoms with Gasteiger partial charge >= 0.3 is 0 Å². The molecule has 140 valence electrons. The molecule has 2 aromatic rings. The van der Waals surface area contributed by atoms with Crippen molar-refractivity contribution in [2.45, 2.75) is 30.3 Å². The van der Waals surface area contributed by atoms with Crippen LogP contribution in [0.15, 0.2) is 23.2 Å². The third-order valence-electron chi connectivity index (χ3n) is 3.82. The summed E-state index contributed by atoms with van der Waals surface area (Å²) in [6.07, 6.45) is 1.71. The van der Waals surface area contributed by atoms with E-state index >= 15 is 0 Å². The van der Waals surface area contributed by atoms with Crippen LogP contribution in [0.4, 0.5) is 26.3 Å². The monoisotopic (exact) mass is 396 g/mol. The van der Waals surface area contributed by atoms with E-state index in [0.29, 0.717) is 17.1 Å². The maximum absolute atomic E-state index is 13.9. The summed E-state index contributed by atoms with van der Waals surface area (Å²) in [7, 11) is -5.05. The number of nitrogens with zero attached hydrogens (tertiary/aromatic N) is 2. The molecule has 11 heteroatoms. The molecule has 1 saturated carbocycles. The highest BCUT2D eigenvalue weighted by atomic mass is 32.2. The molecule has 0 atom stereocenters. The summed E-state index contributed by atoms with van der Waals surface area (Å²) in [5.74, 6) is -12.8. The maximum Gasteiger partial charge on any atom is 0.249 e. The molecule has 0 bridgehead atoms. The number of hydrogen-bond acceptors (Lipinski definition) is 3. The largest absolute Gasteiger partial charge is 0.249 e. The summed E-state index contributed by atoms with van der Waals surface area (Å²) in [5, 5.41) is 0. The van der Waals surface area contributed by atoms with E-state index in [1.165, 1.54) is 6.07 Å². The Morgan fingerprint density at radius 1 is 0.923 bits per heavy atom. The van der Waals surface area contributed by atoms with Crippen molar-refractivity contribution in [2.75, 3.05) is 0 Å². The van der Waals surface area contributed by atoms with Crippen LogP contribution in [-0.4, -0.2) is 23.7 Å². The van der Waals surface area contributed by atoms with Crippen molar-refractivity contribution in [1.29, 1.82) is 0 Å². The molecule has 0 spiro atoms. The van der Waals surface area contributed by atoms with Crippen LogP contribution in [0.25, 0.3) is 0 Å². The SMILES string of the molecule is O=S(=O)(c1c(F)c(F)c(F)c(F)c1F)N(Cc1ccc(F)nc1)C1CC1. The van der Waals surface area contributed by atoms with Crippen LogP contribution in [0.3, 0.4) is 0 Å². The highest BCUT2D eigenvalue weighted by molar-refractivity contribution is 7.89. The first-order valence-electron chi connectivity index (χ1n) is 7.28. The van der Waals surface area contributed by atoms with Crippen molar-refractivity contribution >= 4 is 10.0 Å². The third kappa shape index (κ3) is 3.16.